The van der Waals surface area contributed by atoms with Crippen molar-refractivity contribution in [2.24, 2.45) is 0 Å². The summed E-state index contributed by atoms with van der Waals surface area (Å²) >= 11 is 0. The number of pyridine rings is 2. The molecule has 0 radical (unpaired) electrons. The molecule has 0 amide bonds. The first-order chi connectivity index (χ1) is 9.22. The highest BCUT2D eigenvalue weighted by Gasteiger charge is 2.20. The molecule has 3 heteroatoms. The third-order valence-corrected chi connectivity index (χ3v) is 3.67. The van der Waals surface area contributed by atoms with Gasteiger partial charge in [0.1, 0.15) is 0 Å². The maximum absolute atomic E-state index is 11.9. The Hall–Kier alpha value is -2.42. The minimum atomic E-state index is 0.0377. The SMILES string of the molecule is Cc1ccc2nc3c(cc2c1)Cn1c-3cccc1=O. The van der Waals surface area contributed by atoms with E-state index >= 15 is 0 Å². The highest BCUT2D eigenvalue weighted by molar-refractivity contribution is 5.84. The highest BCUT2D eigenvalue weighted by Crippen LogP contribution is 2.31. The second-order valence-electron chi connectivity index (χ2n) is 5.03. The molecular weight excluding hydrogens is 236 g/mol. The lowest BCUT2D eigenvalue weighted by Crippen LogP contribution is -2.16. The van der Waals surface area contributed by atoms with Gasteiger partial charge in [-0.05, 0) is 31.2 Å². The third kappa shape index (κ3) is 1.45. The molecule has 0 fully saturated rings. The van der Waals surface area contributed by atoms with Crippen molar-refractivity contribution >= 4 is 10.9 Å². The molecule has 19 heavy (non-hydrogen) atoms. The molecule has 0 aliphatic carbocycles. The molecule has 1 aliphatic heterocycles. The van der Waals surface area contributed by atoms with Crippen LogP contribution in [-0.4, -0.2) is 9.55 Å². The van der Waals surface area contributed by atoms with E-state index in [1.165, 1.54) is 5.56 Å². The Balaban J connectivity index is 2.06. The summed E-state index contributed by atoms with van der Waals surface area (Å²) in [5.74, 6) is 0. The molecule has 3 heterocycles. The van der Waals surface area contributed by atoms with Gasteiger partial charge in [0.2, 0.25) is 0 Å². The molecule has 0 atom stereocenters. The summed E-state index contributed by atoms with van der Waals surface area (Å²) in [6.45, 7) is 2.70. The minimum Gasteiger partial charge on any atom is -0.302 e. The number of fused-ring (bicyclic) bond motifs is 4. The van der Waals surface area contributed by atoms with E-state index in [1.54, 1.807) is 16.7 Å². The summed E-state index contributed by atoms with van der Waals surface area (Å²) in [4.78, 5) is 16.6. The minimum absolute atomic E-state index is 0.0377. The molecule has 4 rings (SSSR count). The molecule has 0 saturated carbocycles. The van der Waals surface area contributed by atoms with Gasteiger partial charge in [0.25, 0.3) is 5.56 Å². The van der Waals surface area contributed by atoms with E-state index in [9.17, 15) is 4.79 Å². The maximum Gasteiger partial charge on any atom is 0.251 e. The Morgan fingerprint density at radius 2 is 2.05 bits per heavy atom. The van der Waals surface area contributed by atoms with Crippen LogP contribution >= 0.6 is 0 Å². The molecule has 0 bridgehead atoms. The molecule has 0 saturated heterocycles. The number of hydrogen-bond acceptors (Lipinski definition) is 2. The van der Waals surface area contributed by atoms with Crippen LogP contribution in [0, 0.1) is 6.92 Å². The van der Waals surface area contributed by atoms with Crippen LogP contribution in [0.5, 0.6) is 0 Å². The highest BCUT2D eigenvalue weighted by atomic mass is 16.1. The molecule has 0 spiro atoms. The summed E-state index contributed by atoms with van der Waals surface area (Å²) in [6.07, 6.45) is 0. The predicted octanol–water partition coefficient (Wildman–Crippen LogP) is 2.73. The first kappa shape index (κ1) is 10.5. The van der Waals surface area contributed by atoms with E-state index in [0.717, 1.165) is 27.9 Å². The fourth-order valence-corrected chi connectivity index (χ4v) is 2.74. The van der Waals surface area contributed by atoms with Crippen LogP contribution in [0.15, 0.2) is 47.3 Å². The van der Waals surface area contributed by atoms with Gasteiger partial charge in [-0.15, -0.1) is 0 Å². The van der Waals surface area contributed by atoms with E-state index in [1.807, 2.05) is 12.1 Å². The largest absolute Gasteiger partial charge is 0.302 e. The van der Waals surface area contributed by atoms with Gasteiger partial charge in [0.15, 0.2) is 0 Å². The second kappa shape index (κ2) is 3.54. The zero-order valence-electron chi connectivity index (χ0n) is 10.6. The van der Waals surface area contributed by atoms with Gasteiger partial charge in [0.05, 0.1) is 23.4 Å². The van der Waals surface area contributed by atoms with Gasteiger partial charge in [-0.2, -0.15) is 0 Å². The Kier molecular flexibility index (Phi) is 1.96. The summed E-state index contributed by atoms with van der Waals surface area (Å²) in [5, 5.41) is 1.14. The van der Waals surface area contributed by atoms with Crippen molar-refractivity contribution in [3.63, 3.8) is 0 Å². The standard InChI is InChI=1S/C16H12N2O/c1-10-5-6-13-11(7-10)8-12-9-18-14(16(12)17-13)3-2-4-15(18)19/h2-8H,9H2,1H3. The average Bonchev–Trinajstić information content (AvgIpc) is 2.75. The fourth-order valence-electron chi connectivity index (χ4n) is 2.74. The summed E-state index contributed by atoms with van der Waals surface area (Å²) in [7, 11) is 0. The molecule has 3 aromatic rings. The number of aromatic nitrogens is 2. The molecule has 1 aromatic carbocycles. The number of hydrogen-bond donors (Lipinski definition) is 0. The van der Waals surface area contributed by atoms with Crippen LogP contribution < -0.4 is 5.56 Å². The first-order valence-electron chi connectivity index (χ1n) is 6.33. The Labute approximate surface area is 110 Å². The molecule has 0 unspecified atom stereocenters. The van der Waals surface area contributed by atoms with Gasteiger partial charge in [0, 0.05) is 17.0 Å². The molecule has 1 aliphatic rings. The van der Waals surface area contributed by atoms with E-state index in [2.05, 4.69) is 25.1 Å². The van der Waals surface area contributed by atoms with Gasteiger partial charge < -0.3 is 4.57 Å². The fraction of sp³-hybridized carbons (Fsp3) is 0.125. The Bertz CT molecular complexity index is 878. The van der Waals surface area contributed by atoms with Crippen LogP contribution in [-0.2, 0) is 6.54 Å². The maximum atomic E-state index is 11.9. The molecule has 2 aromatic heterocycles. The van der Waals surface area contributed by atoms with Crippen LogP contribution in [0.3, 0.4) is 0 Å². The lowest BCUT2D eigenvalue weighted by atomic mass is 10.1. The van der Waals surface area contributed by atoms with Gasteiger partial charge in [-0.25, -0.2) is 4.98 Å². The van der Waals surface area contributed by atoms with Crippen molar-refractivity contribution in [1.29, 1.82) is 0 Å². The quantitative estimate of drug-likeness (QED) is 0.479. The second-order valence-corrected chi connectivity index (χ2v) is 5.03. The summed E-state index contributed by atoms with van der Waals surface area (Å²) in [5.41, 5.74) is 5.23. The van der Waals surface area contributed by atoms with Crippen molar-refractivity contribution in [3.8, 4) is 11.4 Å². The lowest BCUT2D eigenvalue weighted by Gasteiger charge is -2.03. The molecule has 3 nitrogen and oxygen atoms in total. The van der Waals surface area contributed by atoms with Crippen LogP contribution in [0.4, 0.5) is 0 Å². The molecule has 92 valence electrons. The van der Waals surface area contributed by atoms with Crippen molar-refractivity contribution in [1.82, 2.24) is 9.55 Å². The van der Waals surface area contributed by atoms with Crippen LogP contribution in [0.25, 0.3) is 22.3 Å². The Morgan fingerprint density at radius 1 is 1.16 bits per heavy atom. The first-order valence-corrected chi connectivity index (χ1v) is 6.33. The van der Waals surface area contributed by atoms with Crippen molar-refractivity contribution in [2.75, 3.05) is 0 Å². The summed E-state index contributed by atoms with van der Waals surface area (Å²) in [6, 6.07) is 13.7. The molecule has 0 N–H and O–H groups in total. The molecular formula is C16H12N2O. The van der Waals surface area contributed by atoms with Crippen molar-refractivity contribution in [3.05, 3.63) is 63.9 Å². The van der Waals surface area contributed by atoms with Crippen molar-refractivity contribution < 1.29 is 0 Å². The average molecular weight is 248 g/mol. The van der Waals surface area contributed by atoms with Crippen LogP contribution in [0.1, 0.15) is 11.1 Å². The smallest absolute Gasteiger partial charge is 0.251 e. The predicted molar refractivity (Wildman–Crippen MR) is 75.3 cm³/mol. The van der Waals surface area contributed by atoms with E-state index in [0.29, 0.717) is 6.54 Å². The number of rotatable bonds is 0. The number of benzene rings is 1. The van der Waals surface area contributed by atoms with Gasteiger partial charge in [-0.1, -0.05) is 17.7 Å². The van der Waals surface area contributed by atoms with Crippen molar-refractivity contribution in [2.45, 2.75) is 13.5 Å². The Morgan fingerprint density at radius 3 is 2.95 bits per heavy atom. The number of nitrogens with zero attached hydrogens (tertiary/aromatic N) is 2. The summed E-state index contributed by atoms with van der Waals surface area (Å²) < 4.78 is 1.78. The van der Waals surface area contributed by atoms with E-state index in [-0.39, 0.29) is 5.56 Å². The number of aryl methyl sites for hydroxylation is 1. The zero-order valence-corrected chi connectivity index (χ0v) is 10.6. The van der Waals surface area contributed by atoms with Gasteiger partial charge in [-0.3, -0.25) is 4.79 Å². The zero-order chi connectivity index (χ0) is 13.0. The lowest BCUT2D eigenvalue weighted by molar-refractivity contribution is 0.804. The van der Waals surface area contributed by atoms with Crippen LogP contribution in [0.2, 0.25) is 0 Å². The van der Waals surface area contributed by atoms with Gasteiger partial charge >= 0.3 is 0 Å². The normalized spacial score (nSPS) is 12.5. The third-order valence-electron chi connectivity index (χ3n) is 3.67. The monoisotopic (exact) mass is 248 g/mol. The van der Waals surface area contributed by atoms with E-state index < -0.39 is 0 Å². The van der Waals surface area contributed by atoms with E-state index in [4.69, 9.17) is 4.98 Å². The topological polar surface area (TPSA) is 34.9 Å².